The standard InChI is InChI=1S/C13H18N2O/c1-10-9-15(8-4-7-14)13-11(10)5-3-6-12(13)16-2/h3,5-6,9H,4,7-8,14H2,1-2H3. The van der Waals surface area contributed by atoms with Crippen molar-refractivity contribution in [2.45, 2.75) is 19.9 Å². The molecule has 16 heavy (non-hydrogen) atoms. The van der Waals surface area contributed by atoms with Crippen LogP contribution in [0.15, 0.2) is 24.4 Å². The Labute approximate surface area is 95.8 Å². The summed E-state index contributed by atoms with van der Waals surface area (Å²) in [6, 6.07) is 6.16. The van der Waals surface area contributed by atoms with E-state index in [9.17, 15) is 0 Å². The van der Waals surface area contributed by atoms with Crippen LogP contribution in [0.5, 0.6) is 5.75 Å². The Morgan fingerprint density at radius 3 is 2.88 bits per heavy atom. The first-order valence-corrected chi connectivity index (χ1v) is 5.60. The number of aryl methyl sites for hydroxylation is 2. The zero-order valence-electron chi connectivity index (χ0n) is 9.86. The molecule has 2 N–H and O–H groups in total. The summed E-state index contributed by atoms with van der Waals surface area (Å²) in [7, 11) is 1.71. The van der Waals surface area contributed by atoms with Gasteiger partial charge < -0.3 is 15.0 Å². The summed E-state index contributed by atoms with van der Waals surface area (Å²) in [6.45, 7) is 3.79. The molecule has 0 atom stereocenters. The highest BCUT2D eigenvalue weighted by Gasteiger charge is 2.09. The second-order valence-corrected chi connectivity index (χ2v) is 4.00. The number of nitrogens with zero attached hydrogens (tertiary/aromatic N) is 1. The molecule has 0 aliphatic heterocycles. The van der Waals surface area contributed by atoms with Gasteiger partial charge in [-0.15, -0.1) is 0 Å². The number of hydrogen-bond acceptors (Lipinski definition) is 2. The molecule has 0 unspecified atom stereocenters. The summed E-state index contributed by atoms with van der Waals surface area (Å²) in [5.74, 6) is 0.933. The van der Waals surface area contributed by atoms with Gasteiger partial charge in [0.15, 0.2) is 0 Å². The van der Waals surface area contributed by atoms with Crippen molar-refractivity contribution < 1.29 is 4.74 Å². The molecule has 0 fully saturated rings. The van der Waals surface area contributed by atoms with Crippen molar-refractivity contribution in [3.8, 4) is 5.75 Å². The number of methoxy groups -OCH3 is 1. The maximum absolute atomic E-state index is 5.55. The summed E-state index contributed by atoms with van der Waals surface area (Å²) in [5.41, 5.74) is 8.01. The van der Waals surface area contributed by atoms with Crippen molar-refractivity contribution >= 4 is 10.9 Å². The molecule has 0 bridgehead atoms. The number of ether oxygens (including phenoxy) is 1. The largest absolute Gasteiger partial charge is 0.495 e. The molecular formula is C13H18N2O. The lowest BCUT2D eigenvalue weighted by atomic mass is 10.2. The van der Waals surface area contributed by atoms with Gasteiger partial charge in [-0.05, 0) is 31.5 Å². The van der Waals surface area contributed by atoms with Gasteiger partial charge in [0.1, 0.15) is 5.75 Å². The lowest BCUT2D eigenvalue weighted by Gasteiger charge is -2.08. The number of para-hydroxylation sites is 1. The van der Waals surface area contributed by atoms with Gasteiger partial charge in [-0.1, -0.05) is 12.1 Å². The van der Waals surface area contributed by atoms with Gasteiger partial charge in [-0.3, -0.25) is 0 Å². The van der Waals surface area contributed by atoms with E-state index in [4.69, 9.17) is 10.5 Å². The Bertz CT molecular complexity index is 488. The SMILES string of the molecule is COc1cccc2c(C)cn(CCCN)c12. The zero-order valence-corrected chi connectivity index (χ0v) is 9.86. The van der Waals surface area contributed by atoms with Crippen LogP contribution in [0.1, 0.15) is 12.0 Å². The molecule has 0 spiro atoms. The zero-order chi connectivity index (χ0) is 11.5. The van der Waals surface area contributed by atoms with Crippen LogP contribution < -0.4 is 10.5 Å². The Hall–Kier alpha value is -1.48. The summed E-state index contributed by atoms with van der Waals surface area (Å²) < 4.78 is 7.64. The number of fused-ring (bicyclic) bond motifs is 1. The highest BCUT2D eigenvalue weighted by atomic mass is 16.5. The fraction of sp³-hybridized carbons (Fsp3) is 0.385. The lowest BCUT2D eigenvalue weighted by molar-refractivity contribution is 0.417. The van der Waals surface area contributed by atoms with Crippen molar-refractivity contribution in [2.24, 2.45) is 5.73 Å². The molecule has 1 aromatic heterocycles. The van der Waals surface area contributed by atoms with Crippen LogP contribution in [0.4, 0.5) is 0 Å². The minimum Gasteiger partial charge on any atom is -0.495 e. The molecule has 0 saturated heterocycles. The van der Waals surface area contributed by atoms with Gasteiger partial charge in [0.05, 0.1) is 12.6 Å². The van der Waals surface area contributed by atoms with Crippen molar-refractivity contribution in [3.63, 3.8) is 0 Å². The second kappa shape index (κ2) is 4.58. The van der Waals surface area contributed by atoms with Crippen molar-refractivity contribution in [1.29, 1.82) is 0 Å². The maximum atomic E-state index is 5.55. The molecule has 86 valence electrons. The number of rotatable bonds is 4. The van der Waals surface area contributed by atoms with E-state index in [-0.39, 0.29) is 0 Å². The predicted molar refractivity (Wildman–Crippen MR) is 66.9 cm³/mol. The minimum atomic E-state index is 0.716. The third-order valence-corrected chi connectivity index (χ3v) is 2.88. The molecule has 3 nitrogen and oxygen atoms in total. The maximum Gasteiger partial charge on any atom is 0.143 e. The molecule has 0 saturated carbocycles. The Balaban J connectivity index is 2.55. The Morgan fingerprint density at radius 1 is 1.38 bits per heavy atom. The number of aromatic nitrogens is 1. The van der Waals surface area contributed by atoms with Crippen LogP contribution in [-0.2, 0) is 6.54 Å². The lowest BCUT2D eigenvalue weighted by Crippen LogP contribution is -2.05. The Kier molecular flexibility index (Phi) is 3.15. The van der Waals surface area contributed by atoms with E-state index in [1.54, 1.807) is 7.11 Å². The molecule has 0 amide bonds. The van der Waals surface area contributed by atoms with Gasteiger partial charge in [-0.2, -0.15) is 0 Å². The molecule has 0 aliphatic carbocycles. The van der Waals surface area contributed by atoms with Crippen LogP contribution in [0, 0.1) is 6.92 Å². The van der Waals surface area contributed by atoms with E-state index in [0.717, 1.165) is 18.7 Å². The third kappa shape index (κ3) is 1.78. The number of nitrogens with two attached hydrogens (primary N) is 1. The summed E-state index contributed by atoms with van der Waals surface area (Å²) in [6.07, 6.45) is 3.16. The smallest absolute Gasteiger partial charge is 0.143 e. The van der Waals surface area contributed by atoms with Crippen LogP contribution >= 0.6 is 0 Å². The second-order valence-electron chi connectivity index (χ2n) is 4.00. The van der Waals surface area contributed by atoms with E-state index < -0.39 is 0 Å². The van der Waals surface area contributed by atoms with Crippen LogP contribution in [-0.4, -0.2) is 18.2 Å². The number of benzene rings is 1. The average Bonchev–Trinajstić information content (AvgIpc) is 2.64. The molecule has 2 rings (SSSR count). The summed E-state index contributed by atoms with van der Waals surface area (Å²) in [4.78, 5) is 0. The molecule has 3 heteroatoms. The molecule has 2 aromatic rings. The van der Waals surface area contributed by atoms with Crippen LogP contribution in [0.2, 0.25) is 0 Å². The number of hydrogen-bond donors (Lipinski definition) is 1. The first kappa shape index (κ1) is 11.0. The molecule has 1 aromatic carbocycles. The van der Waals surface area contributed by atoms with Crippen molar-refractivity contribution in [2.75, 3.05) is 13.7 Å². The van der Waals surface area contributed by atoms with E-state index >= 15 is 0 Å². The average molecular weight is 218 g/mol. The predicted octanol–water partition coefficient (Wildman–Crippen LogP) is 2.31. The topological polar surface area (TPSA) is 40.2 Å². The first-order chi connectivity index (χ1) is 7.77. The van der Waals surface area contributed by atoms with Crippen LogP contribution in [0.25, 0.3) is 10.9 Å². The highest BCUT2D eigenvalue weighted by molar-refractivity contribution is 5.88. The van der Waals surface area contributed by atoms with E-state index in [1.165, 1.54) is 16.5 Å². The van der Waals surface area contributed by atoms with Crippen LogP contribution in [0.3, 0.4) is 0 Å². The quantitative estimate of drug-likeness (QED) is 0.855. The minimum absolute atomic E-state index is 0.716. The third-order valence-electron chi connectivity index (χ3n) is 2.88. The van der Waals surface area contributed by atoms with Gasteiger partial charge in [0.25, 0.3) is 0 Å². The Morgan fingerprint density at radius 2 is 2.19 bits per heavy atom. The van der Waals surface area contributed by atoms with Gasteiger partial charge in [0, 0.05) is 18.1 Å². The normalized spacial score (nSPS) is 10.9. The molecular weight excluding hydrogens is 200 g/mol. The van der Waals surface area contributed by atoms with Crippen molar-refractivity contribution in [1.82, 2.24) is 4.57 Å². The molecule has 0 radical (unpaired) electrons. The fourth-order valence-electron chi connectivity index (χ4n) is 2.11. The van der Waals surface area contributed by atoms with Crippen molar-refractivity contribution in [3.05, 3.63) is 30.0 Å². The van der Waals surface area contributed by atoms with Gasteiger partial charge in [-0.25, -0.2) is 0 Å². The summed E-state index contributed by atoms with van der Waals surface area (Å²) in [5, 5.41) is 1.26. The molecule has 0 aliphatic rings. The monoisotopic (exact) mass is 218 g/mol. The molecule has 1 heterocycles. The first-order valence-electron chi connectivity index (χ1n) is 5.60. The summed E-state index contributed by atoms with van der Waals surface area (Å²) >= 11 is 0. The van der Waals surface area contributed by atoms with Gasteiger partial charge in [0.2, 0.25) is 0 Å². The van der Waals surface area contributed by atoms with Gasteiger partial charge >= 0.3 is 0 Å². The van der Waals surface area contributed by atoms with E-state index in [2.05, 4.69) is 23.8 Å². The van der Waals surface area contributed by atoms with E-state index in [0.29, 0.717) is 6.54 Å². The fourth-order valence-corrected chi connectivity index (χ4v) is 2.11. The highest BCUT2D eigenvalue weighted by Crippen LogP contribution is 2.29. The van der Waals surface area contributed by atoms with E-state index in [1.807, 2.05) is 12.1 Å².